The van der Waals surface area contributed by atoms with Crippen molar-refractivity contribution in [1.82, 2.24) is 5.32 Å². The number of nitrogens with one attached hydrogen (secondary N) is 1. The molecule has 0 aliphatic carbocycles. The van der Waals surface area contributed by atoms with E-state index in [4.69, 9.17) is 4.74 Å². The number of carbonyl (C=O) groups excluding carboxylic acids is 2. The van der Waals surface area contributed by atoms with Gasteiger partial charge in [-0.25, -0.2) is 4.79 Å². The van der Waals surface area contributed by atoms with Crippen molar-refractivity contribution in [2.45, 2.75) is 25.3 Å². The molecule has 0 aromatic heterocycles. The highest BCUT2D eigenvalue weighted by Gasteiger charge is 2.22. The summed E-state index contributed by atoms with van der Waals surface area (Å²) in [7, 11) is 1.34. The summed E-state index contributed by atoms with van der Waals surface area (Å²) in [5.41, 5.74) is 2.07. The fourth-order valence-corrected chi connectivity index (χ4v) is 3.11. The Morgan fingerprint density at radius 1 is 0.889 bits per heavy atom. The average molecular weight is 361 g/mol. The highest BCUT2D eigenvalue weighted by Crippen LogP contribution is 2.17. The van der Waals surface area contributed by atoms with E-state index in [1.54, 1.807) is 0 Å². The van der Waals surface area contributed by atoms with Crippen LogP contribution in [0.4, 0.5) is 0 Å². The smallest absolute Gasteiger partial charge is 0.328 e. The second-order valence-corrected chi connectivity index (χ2v) is 6.51. The first-order valence-corrected chi connectivity index (χ1v) is 9.04. The number of hydrogen-bond acceptors (Lipinski definition) is 3. The van der Waals surface area contributed by atoms with Gasteiger partial charge in [0.05, 0.1) is 7.11 Å². The molecule has 0 unspecified atom stereocenters. The van der Waals surface area contributed by atoms with E-state index in [2.05, 4.69) is 5.32 Å². The fourth-order valence-electron chi connectivity index (χ4n) is 3.11. The van der Waals surface area contributed by atoms with Crippen LogP contribution >= 0.6 is 0 Å². The Balaban J connectivity index is 1.65. The third-order valence-corrected chi connectivity index (χ3v) is 4.56. The zero-order chi connectivity index (χ0) is 19.1. The van der Waals surface area contributed by atoms with Gasteiger partial charge in [0.1, 0.15) is 6.04 Å². The first-order chi connectivity index (χ1) is 13.2. The van der Waals surface area contributed by atoms with Gasteiger partial charge in [-0.1, -0.05) is 72.8 Å². The van der Waals surface area contributed by atoms with Gasteiger partial charge in [-0.15, -0.1) is 0 Å². The quantitative estimate of drug-likeness (QED) is 0.653. The number of hydrogen-bond donors (Lipinski definition) is 1. The maximum absolute atomic E-state index is 12.3. The molecule has 4 heteroatoms. The zero-order valence-corrected chi connectivity index (χ0v) is 15.4. The summed E-state index contributed by atoms with van der Waals surface area (Å²) in [5.74, 6) is -0.591. The predicted octanol–water partition coefficient (Wildman–Crippen LogP) is 3.67. The van der Waals surface area contributed by atoms with Crippen LogP contribution in [0.15, 0.2) is 72.8 Å². The maximum Gasteiger partial charge on any atom is 0.328 e. The lowest BCUT2D eigenvalue weighted by Gasteiger charge is -2.17. The lowest BCUT2D eigenvalue weighted by molar-refractivity contribution is -0.145. The molecule has 0 saturated heterocycles. The second kappa shape index (κ2) is 8.99. The molecule has 0 saturated carbocycles. The lowest BCUT2D eigenvalue weighted by atomic mass is 10.0. The van der Waals surface area contributed by atoms with Crippen LogP contribution in [-0.4, -0.2) is 25.0 Å². The minimum Gasteiger partial charge on any atom is -0.467 e. The van der Waals surface area contributed by atoms with Gasteiger partial charge in [-0.05, 0) is 28.3 Å². The van der Waals surface area contributed by atoms with E-state index in [0.29, 0.717) is 19.3 Å². The van der Waals surface area contributed by atoms with E-state index in [9.17, 15) is 9.59 Å². The van der Waals surface area contributed by atoms with Crippen molar-refractivity contribution < 1.29 is 14.3 Å². The molecule has 0 heterocycles. The van der Waals surface area contributed by atoms with E-state index >= 15 is 0 Å². The number of aryl methyl sites for hydroxylation is 1. The van der Waals surface area contributed by atoms with Crippen molar-refractivity contribution >= 4 is 22.6 Å². The minimum atomic E-state index is -0.695. The molecule has 1 amide bonds. The molecule has 1 N–H and O–H groups in total. The van der Waals surface area contributed by atoms with Crippen LogP contribution in [0.25, 0.3) is 10.8 Å². The molecule has 0 radical (unpaired) electrons. The standard InChI is InChI=1S/C23H23NO3/c1-27-23(26)21(24-22(25)14-12-17-7-3-2-4-8-17)16-18-11-13-19-9-5-6-10-20(19)15-18/h2-11,13,15,21H,12,14,16H2,1H3,(H,24,25)/t21-/m1/s1. The van der Waals surface area contributed by atoms with Gasteiger partial charge in [0.15, 0.2) is 0 Å². The van der Waals surface area contributed by atoms with Gasteiger partial charge in [0.25, 0.3) is 0 Å². The molecule has 0 fully saturated rings. The number of ether oxygens (including phenoxy) is 1. The third-order valence-electron chi connectivity index (χ3n) is 4.56. The summed E-state index contributed by atoms with van der Waals surface area (Å²) in [5, 5.41) is 5.07. The van der Waals surface area contributed by atoms with Crippen LogP contribution in [0.1, 0.15) is 17.5 Å². The number of amides is 1. The van der Waals surface area contributed by atoms with Crippen LogP contribution in [0.5, 0.6) is 0 Å². The van der Waals surface area contributed by atoms with Crippen LogP contribution in [0.3, 0.4) is 0 Å². The number of esters is 1. The first kappa shape index (κ1) is 18.6. The molecule has 3 aromatic rings. The summed E-state index contributed by atoms with van der Waals surface area (Å²) in [4.78, 5) is 24.5. The maximum atomic E-state index is 12.3. The highest BCUT2D eigenvalue weighted by atomic mass is 16.5. The Morgan fingerprint density at radius 2 is 1.59 bits per heavy atom. The van der Waals surface area contributed by atoms with Gasteiger partial charge >= 0.3 is 5.97 Å². The topological polar surface area (TPSA) is 55.4 Å². The van der Waals surface area contributed by atoms with Gasteiger partial charge in [-0.3, -0.25) is 4.79 Å². The van der Waals surface area contributed by atoms with E-state index in [0.717, 1.165) is 21.9 Å². The molecule has 0 spiro atoms. The molecule has 0 bridgehead atoms. The molecular formula is C23H23NO3. The summed E-state index contributed by atoms with van der Waals surface area (Å²) < 4.78 is 4.88. The molecule has 1 atom stereocenters. The van der Waals surface area contributed by atoms with Gasteiger partial charge in [0, 0.05) is 12.8 Å². The van der Waals surface area contributed by atoms with E-state index in [-0.39, 0.29) is 5.91 Å². The second-order valence-electron chi connectivity index (χ2n) is 6.51. The van der Waals surface area contributed by atoms with Gasteiger partial charge in [-0.2, -0.15) is 0 Å². The molecule has 3 aromatic carbocycles. The van der Waals surface area contributed by atoms with Crippen molar-refractivity contribution in [2.24, 2.45) is 0 Å². The number of fused-ring (bicyclic) bond motifs is 1. The van der Waals surface area contributed by atoms with E-state index < -0.39 is 12.0 Å². The number of rotatable bonds is 7. The zero-order valence-electron chi connectivity index (χ0n) is 15.4. The van der Waals surface area contributed by atoms with Crippen LogP contribution in [0.2, 0.25) is 0 Å². The minimum absolute atomic E-state index is 0.157. The SMILES string of the molecule is COC(=O)[C@@H](Cc1ccc2ccccc2c1)NC(=O)CCc1ccccc1. The summed E-state index contributed by atoms with van der Waals surface area (Å²) >= 11 is 0. The van der Waals surface area contributed by atoms with Crippen LogP contribution in [-0.2, 0) is 27.2 Å². The van der Waals surface area contributed by atoms with E-state index in [1.807, 2.05) is 72.8 Å². The molecule has 4 nitrogen and oxygen atoms in total. The number of carbonyl (C=O) groups is 2. The fraction of sp³-hybridized carbons (Fsp3) is 0.217. The number of methoxy groups -OCH3 is 1. The predicted molar refractivity (Wildman–Crippen MR) is 106 cm³/mol. The van der Waals surface area contributed by atoms with Gasteiger partial charge in [0.2, 0.25) is 5.91 Å². The Morgan fingerprint density at radius 3 is 2.33 bits per heavy atom. The van der Waals surface area contributed by atoms with Crippen molar-refractivity contribution in [1.29, 1.82) is 0 Å². The number of benzene rings is 3. The summed E-state index contributed by atoms with van der Waals surface area (Å²) in [6.07, 6.45) is 1.36. The summed E-state index contributed by atoms with van der Waals surface area (Å²) in [6, 6.07) is 23.2. The van der Waals surface area contributed by atoms with Crippen LogP contribution in [0, 0.1) is 0 Å². The summed E-state index contributed by atoms with van der Waals surface area (Å²) in [6.45, 7) is 0. The Hall–Kier alpha value is -3.14. The molecule has 138 valence electrons. The third kappa shape index (κ3) is 5.17. The van der Waals surface area contributed by atoms with Crippen molar-refractivity contribution in [2.75, 3.05) is 7.11 Å². The largest absolute Gasteiger partial charge is 0.467 e. The normalized spacial score (nSPS) is 11.7. The first-order valence-electron chi connectivity index (χ1n) is 9.04. The Labute approximate surface area is 159 Å². The molecule has 27 heavy (non-hydrogen) atoms. The van der Waals surface area contributed by atoms with E-state index in [1.165, 1.54) is 7.11 Å². The molecule has 0 aliphatic rings. The lowest BCUT2D eigenvalue weighted by Crippen LogP contribution is -2.43. The monoisotopic (exact) mass is 361 g/mol. The van der Waals surface area contributed by atoms with Crippen molar-refractivity contribution in [3.63, 3.8) is 0 Å². The molecule has 3 rings (SSSR count). The van der Waals surface area contributed by atoms with Gasteiger partial charge < -0.3 is 10.1 Å². The van der Waals surface area contributed by atoms with Crippen molar-refractivity contribution in [3.05, 3.63) is 83.9 Å². The molecule has 0 aliphatic heterocycles. The Bertz CT molecular complexity index is 921. The van der Waals surface area contributed by atoms with Crippen molar-refractivity contribution in [3.8, 4) is 0 Å². The average Bonchev–Trinajstić information content (AvgIpc) is 2.72. The Kier molecular flexibility index (Phi) is 6.21. The highest BCUT2D eigenvalue weighted by molar-refractivity contribution is 5.86. The van der Waals surface area contributed by atoms with Crippen LogP contribution < -0.4 is 5.32 Å². The molecular weight excluding hydrogens is 338 g/mol.